The zero-order valence-corrected chi connectivity index (χ0v) is 21.8. The Kier molecular flexibility index (Phi) is 7.33. The average molecular weight is 469 g/mol. The van der Waals surface area contributed by atoms with Crippen molar-refractivity contribution in [2.45, 2.75) is 46.5 Å². The molecule has 0 N–H and O–H groups in total. The molecule has 1 unspecified atom stereocenters. The molecule has 0 amide bonds. The SMILES string of the molecule is CCC(Cc1ccccc1)C1=C(c2cc(-c3cccc(-c4cccc(C)c4)c3)ccc2C)C=CCC1. The molecule has 1 aliphatic carbocycles. The van der Waals surface area contributed by atoms with Gasteiger partial charge in [-0.3, -0.25) is 0 Å². The van der Waals surface area contributed by atoms with Crippen molar-refractivity contribution in [1.82, 2.24) is 0 Å². The maximum atomic E-state index is 2.42. The highest BCUT2D eigenvalue weighted by Gasteiger charge is 2.20. The van der Waals surface area contributed by atoms with Crippen molar-refractivity contribution in [3.8, 4) is 22.3 Å². The van der Waals surface area contributed by atoms with Gasteiger partial charge in [-0.05, 0) is 102 Å². The molecule has 0 aromatic heterocycles. The minimum Gasteiger partial charge on any atom is -0.0836 e. The van der Waals surface area contributed by atoms with Crippen LogP contribution >= 0.6 is 0 Å². The maximum absolute atomic E-state index is 2.42. The summed E-state index contributed by atoms with van der Waals surface area (Å²) in [6.45, 7) is 6.76. The van der Waals surface area contributed by atoms with Crippen molar-refractivity contribution >= 4 is 5.57 Å². The van der Waals surface area contributed by atoms with Gasteiger partial charge in [0.1, 0.15) is 0 Å². The molecule has 0 nitrogen and oxygen atoms in total. The van der Waals surface area contributed by atoms with Gasteiger partial charge in [-0.1, -0.05) is 115 Å². The normalized spacial score (nSPS) is 14.2. The molecule has 4 aromatic rings. The Labute approximate surface area is 217 Å². The van der Waals surface area contributed by atoms with Gasteiger partial charge in [-0.2, -0.15) is 0 Å². The topological polar surface area (TPSA) is 0 Å². The quantitative estimate of drug-likeness (QED) is 0.253. The summed E-state index contributed by atoms with van der Waals surface area (Å²) < 4.78 is 0. The van der Waals surface area contributed by atoms with Crippen molar-refractivity contribution in [3.63, 3.8) is 0 Å². The maximum Gasteiger partial charge on any atom is -0.0149 e. The van der Waals surface area contributed by atoms with Gasteiger partial charge in [-0.15, -0.1) is 0 Å². The lowest BCUT2D eigenvalue weighted by atomic mass is 9.79. The van der Waals surface area contributed by atoms with E-state index in [2.05, 4.69) is 130 Å². The highest BCUT2D eigenvalue weighted by molar-refractivity contribution is 5.83. The summed E-state index contributed by atoms with van der Waals surface area (Å²) in [5, 5.41) is 0. The van der Waals surface area contributed by atoms with E-state index in [-0.39, 0.29) is 0 Å². The smallest absolute Gasteiger partial charge is 0.0149 e. The highest BCUT2D eigenvalue weighted by Crippen LogP contribution is 2.38. The van der Waals surface area contributed by atoms with Crippen LogP contribution in [0.4, 0.5) is 0 Å². The molecule has 0 aliphatic heterocycles. The fourth-order valence-corrected chi connectivity index (χ4v) is 5.58. The minimum absolute atomic E-state index is 0.569. The van der Waals surface area contributed by atoms with E-state index in [4.69, 9.17) is 0 Å². The second-order valence-electron chi connectivity index (χ2n) is 10.2. The summed E-state index contributed by atoms with van der Waals surface area (Å²) in [4.78, 5) is 0. The third kappa shape index (κ3) is 5.29. The molecule has 180 valence electrons. The van der Waals surface area contributed by atoms with Crippen LogP contribution in [-0.2, 0) is 6.42 Å². The summed E-state index contributed by atoms with van der Waals surface area (Å²) >= 11 is 0. The van der Waals surface area contributed by atoms with E-state index in [1.54, 1.807) is 5.57 Å². The minimum atomic E-state index is 0.569. The van der Waals surface area contributed by atoms with Crippen LogP contribution < -0.4 is 0 Å². The van der Waals surface area contributed by atoms with Gasteiger partial charge in [0.05, 0.1) is 0 Å². The monoisotopic (exact) mass is 468 g/mol. The van der Waals surface area contributed by atoms with Gasteiger partial charge < -0.3 is 0 Å². The van der Waals surface area contributed by atoms with Crippen LogP contribution in [0.2, 0.25) is 0 Å². The molecule has 0 saturated heterocycles. The second kappa shape index (κ2) is 11.0. The first-order valence-corrected chi connectivity index (χ1v) is 13.3. The van der Waals surface area contributed by atoms with E-state index in [1.807, 2.05) is 0 Å². The lowest BCUT2D eigenvalue weighted by molar-refractivity contribution is 0.566. The number of rotatable bonds is 7. The van der Waals surface area contributed by atoms with Gasteiger partial charge >= 0.3 is 0 Å². The van der Waals surface area contributed by atoms with Crippen molar-refractivity contribution in [2.24, 2.45) is 5.92 Å². The van der Waals surface area contributed by atoms with E-state index in [1.165, 1.54) is 56.5 Å². The predicted octanol–water partition coefficient (Wildman–Crippen LogP) is 10.0. The third-order valence-corrected chi connectivity index (χ3v) is 7.60. The van der Waals surface area contributed by atoms with E-state index >= 15 is 0 Å². The summed E-state index contributed by atoms with van der Waals surface area (Å²) in [6, 6.07) is 35.7. The molecular formula is C36H36. The van der Waals surface area contributed by atoms with Crippen LogP contribution in [0, 0.1) is 19.8 Å². The number of hydrogen-bond donors (Lipinski definition) is 0. The molecule has 0 heteroatoms. The van der Waals surface area contributed by atoms with Gasteiger partial charge in [0.15, 0.2) is 0 Å². The molecule has 5 rings (SSSR count). The zero-order chi connectivity index (χ0) is 24.9. The average Bonchev–Trinajstić information content (AvgIpc) is 2.93. The highest BCUT2D eigenvalue weighted by atomic mass is 14.2. The first-order chi connectivity index (χ1) is 17.6. The molecule has 0 saturated carbocycles. The molecule has 36 heavy (non-hydrogen) atoms. The Balaban J connectivity index is 1.54. The Morgan fingerprint density at radius 3 is 2.11 bits per heavy atom. The van der Waals surface area contributed by atoms with Crippen LogP contribution in [0.15, 0.2) is 115 Å². The second-order valence-corrected chi connectivity index (χ2v) is 10.2. The molecule has 0 radical (unpaired) electrons. The molecule has 4 aromatic carbocycles. The van der Waals surface area contributed by atoms with Gasteiger partial charge in [0.25, 0.3) is 0 Å². The summed E-state index contributed by atoms with van der Waals surface area (Å²) in [7, 11) is 0. The number of benzene rings is 4. The summed E-state index contributed by atoms with van der Waals surface area (Å²) in [5.74, 6) is 0.569. The van der Waals surface area contributed by atoms with Crippen LogP contribution in [0.5, 0.6) is 0 Å². The molecular weight excluding hydrogens is 432 g/mol. The van der Waals surface area contributed by atoms with Gasteiger partial charge in [0.2, 0.25) is 0 Å². The Hall–Kier alpha value is -3.64. The van der Waals surface area contributed by atoms with Crippen LogP contribution in [0.25, 0.3) is 27.8 Å². The van der Waals surface area contributed by atoms with Gasteiger partial charge in [0, 0.05) is 0 Å². The Morgan fingerprint density at radius 2 is 1.39 bits per heavy atom. The number of hydrogen-bond acceptors (Lipinski definition) is 0. The van der Waals surface area contributed by atoms with Crippen molar-refractivity contribution in [1.29, 1.82) is 0 Å². The largest absolute Gasteiger partial charge is 0.0836 e. The Bertz CT molecular complexity index is 1400. The van der Waals surface area contributed by atoms with Crippen molar-refractivity contribution in [2.75, 3.05) is 0 Å². The number of aryl methyl sites for hydroxylation is 2. The summed E-state index contributed by atoms with van der Waals surface area (Å²) in [6.07, 6.45) is 9.32. The van der Waals surface area contributed by atoms with Crippen molar-refractivity contribution < 1.29 is 0 Å². The standard InChI is InChI=1S/C36H36/c1-4-29(23-28-13-6-5-7-14-28)34-18-8-9-19-35(34)36-25-33(21-20-27(36)3)32-17-11-16-31(24-32)30-15-10-12-26(2)22-30/h5-7,9-17,19-22,24-25,29H,4,8,18,23H2,1-3H3. The lowest BCUT2D eigenvalue weighted by Gasteiger charge is -2.26. The lowest BCUT2D eigenvalue weighted by Crippen LogP contribution is -2.11. The molecule has 0 fully saturated rings. The van der Waals surface area contributed by atoms with Crippen LogP contribution in [-0.4, -0.2) is 0 Å². The van der Waals surface area contributed by atoms with Crippen LogP contribution in [0.3, 0.4) is 0 Å². The first-order valence-electron chi connectivity index (χ1n) is 13.3. The summed E-state index contributed by atoms with van der Waals surface area (Å²) in [5.41, 5.74) is 13.6. The van der Waals surface area contributed by atoms with Crippen LogP contribution in [0.1, 0.15) is 48.4 Å². The third-order valence-electron chi connectivity index (χ3n) is 7.60. The molecule has 1 atom stereocenters. The van der Waals surface area contributed by atoms with E-state index in [0.717, 1.165) is 19.3 Å². The van der Waals surface area contributed by atoms with E-state index in [0.29, 0.717) is 5.92 Å². The molecule has 0 bridgehead atoms. The molecule has 0 spiro atoms. The molecule has 0 heterocycles. The first kappa shape index (κ1) is 24.1. The zero-order valence-electron chi connectivity index (χ0n) is 21.8. The predicted molar refractivity (Wildman–Crippen MR) is 156 cm³/mol. The number of allylic oxidation sites excluding steroid dienone is 4. The van der Waals surface area contributed by atoms with Gasteiger partial charge in [-0.25, -0.2) is 0 Å². The van der Waals surface area contributed by atoms with E-state index in [9.17, 15) is 0 Å². The molecule has 1 aliphatic rings. The van der Waals surface area contributed by atoms with E-state index < -0.39 is 0 Å². The Morgan fingerprint density at radius 1 is 0.694 bits per heavy atom. The fraction of sp³-hybridized carbons (Fsp3) is 0.222. The fourth-order valence-electron chi connectivity index (χ4n) is 5.58. The van der Waals surface area contributed by atoms with Crippen molar-refractivity contribution in [3.05, 3.63) is 137 Å².